The van der Waals surface area contributed by atoms with E-state index < -0.39 is 0 Å². The van der Waals surface area contributed by atoms with Crippen molar-refractivity contribution in [2.75, 3.05) is 5.43 Å². The minimum absolute atomic E-state index is 0.604. The van der Waals surface area contributed by atoms with Crippen molar-refractivity contribution in [1.29, 1.82) is 0 Å². The summed E-state index contributed by atoms with van der Waals surface area (Å²) >= 11 is 1.65. The van der Waals surface area contributed by atoms with Gasteiger partial charge >= 0.3 is 0 Å². The zero-order valence-electron chi connectivity index (χ0n) is 20.5. The number of nitrogens with zero attached hydrogens (tertiary/aromatic N) is 5. The van der Waals surface area contributed by atoms with E-state index in [2.05, 4.69) is 70.3 Å². The lowest BCUT2D eigenvalue weighted by atomic mass is 10.0. The molecule has 37 heavy (non-hydrogen) atoms. The van der Waals surface area contributed by atoms with Gasteiger partial charge in [0.2, 0.25) is 0 Å². The highest BCUT2D eigenvalue weighted by Crippen LogP contribution is 2.31. The van der Waals surface area contributed by atoms with Crippen LogP contribution in [0.25, 0.3) is 38.3 Å². The molecule has 0 aliphatic carbocycles. The van der Waals surface area contributed by atoms with Crippen molar-refractivity contribution in [3.05, 3.63) is 113 Å². The number of hydrogen-bond acceptors (Lipinski definition) is 6. The number of para-hydroxylation sites is 1. The van der Waals surface area contributed by atoms with Gasteiger partial charge in [0, 0.05) is 28.1 Å². The Bertz CT molecular complexity index is 1720. The largest absolute Gasteiger partial charge is 0.259 e. The van der Waals surface area contributed by atoms with Gasteiger partial charge < -0.3 is 0 Å². The average molecular weight is 501 g/mol. The van der Waals surface area contributed by atoms with Crippen LogP contribution in [0, 0.1) is 13.8 Å². The molecule has 6 aromatic rings. The van der Waals surface area contributed by atoms with Gasteiger partial charge in [-0.05, 0) is 54.6 Å². The third kappa shape index (κ3) is 4.52. The summed E-state index contributed by atoms with van der Waals surface area (Å²) < 4.78 is 1.88. The average Bonchev–Trinajstić information content (AvgIpc) is 3.61. The highest BCUT2D eigenvalue weighted by atomic mass is 32.1. The first-order chi connectivity index (χ1) is 18.2. The second-order valence-corrected chi connectivity index (χ2v) is 9.75. The van der Waals surface area contributed by atoms with Gasteiger partial charge in [0.1, 0.15) is 11.4 Å². The van der Waals surface area contributed by atoms with Crippen molar-refractivity contribution < 1.29 is 0 Å². The number of benzene rings is 3. The molecular weight excluding hydrogens is 476 g/mol. The second kappa shape index (κ2) is 9.79. The minimum Gasteiger partial charge on any atom is -0.259 e. The Morgan fingerprint density at radius 1 is 0.811 bits per heavy atom. The molecule has 0 bridgehead atoms. The van der Waals surface area contributed by atoms with Crippen LogP contribution in [-0.2, 0) is 0 Å². The minimum atomic E-state index is 0.604. The van der Waals surface area contributed by atoms with Gasteiger partial charge in [-0.3, -0.25) is 5.43 Å². The maximum absolute atomic E-state index is 4.84. The highest BCUT2D eigenvalue weighted by molar-refractivity contribution is 7.13. The maximum Gasteiger partial charge on any atom is 0.176 e. The Morgan fingerprint density at radius 2 is 1.62 bits per heavy atom. The van der Waals surface area contributed by atoms with E-state index >= 15 is 0 Å². The van der Waals surface area contributed by atoms with Gasteiger partial charge in [0.25, 0.3) is 0 Å². The molecule has 3 aromatic heterocycles. The van der Waals surface area contributed by atoms with Crippen LogP contribution in [0.15, 0.2) is 102 Å². The normalized spacial score (nSPS) is 11.4. The fraction of sp³-hybridized carbons (Fsp3) is 0.0667. The van der Waals surface area contributed by atoms with Crippen molar-refractivity contribution in [1.82, 2.24) is 20.0 Å². The molecule has 6 nitrogen and oxygen atoms in total. The van der Waals surface area contributed by atoms with Gasteiger partial charge in [-0.2, -0.15) is 10.2 Å². The molecule has 1 N–H and O–H groups in total. The molecule has 7 heteroatoms. The van der Waals surface area contributed by atoms with Crippen molar-refractivity contribution in [2.45, 2.75) is 13.8 Å². The Hall–Kier alpha value is -4.62. The van der Waals surface area contributed by atoms with Gasteiger partial charge in [0.15, 0.2) is 5.82 Å². The molecule has 0 saturated heterocycles. The third-order valence-electron chi connectivity index (χ3n) is 6.36. The summed E-state index contributed by atoms with van der Waals surface area (Å²) in [5.74, 6) is 0.604. The van der Waals surface area contributed by atoms with Crippen LogP contribution in [0.2, 0.25) is 0 Å². The number of rotatable bonds is 6. The zero-order valence-corrected chi connectivity index (χ0v) is 21.3. The molecule has 0 fully saturated rings. The number of nitrogens with one attached hydrogen (secondary N) is 1. The maximum atomic E-state index is 4.84. The van der Waals surface area contributed by atoms with E-state index in [0.717, 1.165) is 43.9 Å². The third-order valence-corrected chi connectivity index (χ3v) is 7.24. The van der Waals surface area contributed by atoms with Crippen LogP contribution in [-0.4, -0.2) is 26.2 Å². The molecule has 0 atom stereocenters. The quantitative estimate of drug-likeness (QED) is 0.193. The SMILES string of the molecule is Cc1ccc(-c2nnc(NN=Cc3cn(-c4ccccc4)nc3-c3cccs3)c3ccccc23)cc1C. The number of hydrazone groups is 1. The van der Waals surface area contributed by atoms with E-state index in [1.165, 1.54) is 11.1 Å². The Morgan fingerprint density at radius 3 is 2.41 bits per heavy atom. The lowest BCUT2D eigenvalue weighted by Crippen LogP contribution is -1.99. The lowest BCUT2D eigenvalue weighted by Gasteiger charge is -2.10. The fourth-order valence-corrected chi connectivity index (χ4v) is 4.98. The van der Waals surface area contributed by atoms with Crippen molar-refractivity contribution >= 4 is 34.1 Å². The van der Waals surface area contributed by atoms with Gasteiger partial charge in [0.05, 0.1) is 16.8 Å². The van der Waals surface area contributed by atoms with Crippen molar-refractivity contribution in [3.8, 4) is 27.5 Å². The molecule has 0 aliphatic rings. The van der Waals surface area contributed by atoms with Gasteiger partial charge in [-0.15, -0.1) is 21.5 Å². The molecule has 0 saturated carbocycles. The summed E-state index contributed by atoms with van der Waals surface area (Å²) in [4.78, 5) is 1.08. The van der Waals surface area contributed by atoms with E-state index in [-0.39, 0.29) is 0 Å². The first-order valence-electron chi connectivity index (χ1n) is 12.0. The Balaban J connectivity index is 1.34. The Kier molecular flexibility index (Phi) is 6.04. The zero-order chi connectivity index (χ0) is 25.2. The number of fused-ring (bicyclic) bond motifs is 1. The predicted octanol–water partition coefficient (Wildman–Crippen LogP) is 7.27. The summed E-state index contributed by atoms with van der Waals surface area (Å²) in [7, 11) is 0. The van der Waals surface area contributed by atoms with E-state index in [0.29, 0.717) is 5.82 Å². The summed E-state index contributed by atoms with van der Waals surface area (Å²) in [6.07, 6.45) is 3.78. The van der Waals surface area contributed by atoms with E-state index in [1.807, 2.05) is 65.5 Å². The van der Waals surface area contributed by atoms with Crippen LogP contribution in [0.3, 0.4) is 0 Å². The Labute approximate surface area is 219 Å². The van der Waals surface area contributed by atoms with Crippen LogP contribution < -0.4 is 5.43 Å². The van der Waals surface area contributed by atoms with Crippen LogP contribution >= 0.6 is 11.3 Å². The van der Waals surface area contributed by atoms with Crippen molar-refractivity contribution in [2.24, 2.45) is 5.10 Å². The van der Waals surface area contributed by atoms with Crippen LogP contribution in [0.4, 0.5) is 5.82 Å². The monoisotopic (exact) mass is 500 g/mol. The highest BCUT2D eigenvalue weighted by Gasteiger charge is 2.13. The first kappa shape index (κ1) is 22.8. The van der Waals surface area contributed by atoms with Gasteiger partial charge in [-0.25, -0.2) is 4.68 Å². The van der Waals surface area contributed by atoms with Crippen molar-refractivity contribution in [3.63, 3.8) is 0 Å². The second-order valence-electron chi connectivity index (χ2n) is 8.80. The molecule has 0 aliphatic heterocycles. The number of anilines is 1. The van der Waals surface area contributed by atoms with Gasteiger partial charge in [-0.1, -0.05) is 60.7 Å². The fourth-order valence-electron chi connectivity index (χ4n) is 4.25. The summed E-state index contributed by atoms with van der Waals surface area (Å²) in [6.45, 7) is 4.23. The molecule has 3 heterocycles. The van der Waals surface area contributed by atoms with Crippen LogP contribution in [0.5, 0.6) is 0 Å². The topological polar surface area (TPSA) is 68.0 Å². The summed E-state index contributed by atoms with van der Waals surface area (Å²) in [5.41, 5.74) is 10.3. The first-order valence-corrected chi connectivity index (χ1v) is 12.9. The number of hydrogen-bond donors (Lipinski definition) is 1. The smallest absolute Gasteiger partial charge is 0.176 e. The van der Waals surface area contributed by atoms with E-state index in [9.17, 15) is 0 Å². The van der Waals surface area contributed by atoms with E-state index in [1.54, 1.807) is 17.6 Å². The molecule has 3 aromatic carbocycles. The summed E-state index contributed by atoms with van der Waals surface area (Å²) in [5, 5.41) is 22.5. The predicted molar refractivity (Wildman–Crippen MR) is 153 cm³/mol. The number of thiophene rings is 1. The summed E-state index contributed by atoms with van der Waals surface area (Å²) in [6, 6.07) is 28.7. The molecule has 180 valence electrons. The molecule has 0 spiro atoms. The number of aryl methyl sites for hydroxylation is 2. The van der Waals surface area contributed by atoms with E-state index in [4.69, 9.17) is 5.10 Å². The molecular formula is C30H24N6S. The molecule has 6 rings (SSSR count). The molecule has 0 radical (unpaired) electrons. The van der Waals surface area contributed by atoms with Crippen LogP contribution in [0.1, 0.15) is 16.7 Å². The standard InChI is InChI=1S/C30H24N6S/c1-20-14-15-22(17-21(20)2)28-25-11-6-7-12-26(25)30(34-32-28)33-31-18-23-19-36(24-9-4-3-5-10-24)35-29(23)27-13-8-16-37-27/h3-19H,1-2H3,(H,33,34). The number of aromatic nitrogens is 4. The molecule has 0 amide bonds. The molecule has 0 unspecified atom stereocenters. The lowest BCUT2D eigenvalue weighted by molar-refractivity contribution is 0.885.